The molecule has 1 aliphatic heterocycles. The molecule has 2 N–H and O–H groups in total. The van der Waals surface area contributed by atoms with Crippen LogP contribution in [0.1, 0.15) is 22.4 Å². The molecule has 0 bridgehead atoms. The molecule has 2 rings (SSSR count). The Labute approximate surface area is 119 Å². The van der Waals surface area contributed by atoms with Gasteiger partial charge in [-0.1, -0.05) is 6.92 Å². The van der Waals surface area contributed by atoms with E-state index in [1.807, 2.05) is 11.8 Å². The average molecular weight is 301 g/mol. The first kappa shape index (κ1) is 14.1. The summed E-state index contributed by atoms with van der Waals surface area (Å²) in [5.74, 6) is -0.0923. The van der Waals surface area contributed by atoms with Gasteiger partial charge in [0.2, 0.25) is 0 Å². The summed E-state index contributed by atoms with van der Waals surface area (Å²) in [6.07, 6.45) is 0. The summed E-state index contributed by atoms with van der Waals surface area (Å²) in [5.41, 5.74) is 0.0252. The lowest BCUT2D eigenvalue weighted by atomic mass is 10.4. The van der Waals surface area contributed by atoms with Crippen LogP contribution in [0.5, 0.6) is 0 Å². The second kappa shape index (κ2) is 6.25. The molecule has 1 aromatic heterocycles. The van der Waals surface area contributed by atoms with Gasteiger partial charge in [-0.3, -0.25) is 0 Å². The first-order valence-corrected chi connectivity index (χ1v) is 7.81. The Morgan fingerprint density at radius 2 is 2.42 bits per heavy atom. The monoisotopic (exact) mass is 301 g/mol. The molecule has 8 heteroatoms. The van der Waals surface area contributed by atoms with Crippen molar-refractivity contribution in [2.45, 2.75) is 18.7 Å². The molecule has 0 aliphatic carbocycles. The van der Waals surface area contributed by atoms with Gasteiger partial charge in [0.1, 0.15) is 5.01 Å². The van der Waals surface area contributed by atoms with E-state index in [0.717, 1.165) is 18.8 Å². The largest absolute Gasteiger partial charge is 0.476 e. The van der Waals surface area contributed by atoms with Gasteiger partial charge in [-0.15, -0.1) is 11.3 Å². The summed E-state index contributed by atoms with van der Waals surface area (Å²) in [6, 6.07) is -0.112. The molecule has 1 aliphatic rings. The van der Waals surface area contributed by atoms with E-state index < -0.39 is 5.97 Å². The van der Waals surface area contributed by atoms with Gasteiger partial charge in [0.05, 0.1) is 6.54 Å². The lowest BCUT2D eigenvalue weighted by Gasteiger charge is -2.30. The summed E-state index contributed by atoms with van der Waals surface area (Å²) in [6.45, 7) is 3.87. The topological polar surface area (TPSA) is 82.5 Å². The van der Waals surface area contributed by atoms with E-state index in [1.54, 1.807) is 4.90 Å². The zero-order chi connectivity index (χ0) is 13.8. The first-order chi connectivity index (χ1) is 9.06. The summed E-state index contributed by atoms with van der Waals surface area (Å²) in [4.78, 5) is 28.3. The molecule has 0 spiro atoms. The first-order valence-electron chi connectivity index (χ1n) is 5.88. The van der Waals surface area contributed by atoms with E-state index in [2.05, 4.69) is 17.2 Å². The molecule has 0 saturated carbocycles. The predicted octanol–water partition coefficient (Wildman–Crippen LogP) is 1.49. The van der Waals surface area contributed by atoms with E-state index in [9.17, 15) is 9.59 Å². The third-order valence-corrected chi connectivity index (χ3v) is 4.68. The molecule has 0 radical (unpaired) electrons. The van der Waals surface area contributed by atoms with Crippen LogP contribution in [0, 0.1) is 0 Å². The van der Waals surface area contributed by atoms with Crippen molar-refractivity contribution in [3.63, 3.8) is 0 Å². The zero-order valence-electron chi connectivity index (χ0n) is 10.5. The van der Waals surface area contributed by atoms with Crippen molar-refractivity contribution < 1.29 is 14.7 Å². The Kier molecular flexibility index (Phi) is 4.65. The van der Waals surface area contributed by atoms with Gasteiger partial charge >= 0.3 is 12.0 Å². The van der Waals surface area contributed by atoms with Crippen LogP contribution in [-0.2, 0) is 6.54 Å². The fourth-order valence-corrected chi connectivity index (χ4v) is 3.48. The number of urea groups is 1. The molecule has 6 nitrogen and oxygen atoms in total. The number of carbonyl (C=O) groups is 2. The number of carboxylic acids is 1. The average Bonchev–Trinajstić information content (AvgIpc) is 2.85. The van der Waals surface area contributed by atoms with Crippen LogP contribution in [-0.4, -0.2) is 51.1 Å². The van der Waals surface area contributed by atoms with Crippen LogP contribution in [0.2, 0.25) is 0 Å². The molecule has 0 aromatic carbocycles. The molecule has 1 aromatic rings. The minimum absolute atomic E-state index is 0.0252. The number of carbonyl (C=O) groups excluding carboxylic acids is 1. The Hall–Kier alpha value is -1.28. The number of nitrogens with one attached hydrogen (secondary N) is 1. The number of amides is 2. The molecule has 2 heterocycles. The summed E-state index contributed by atoms with van der Waals surface area (Å²) < 4.78 is 0. The number of rotatable bonds is 3. The molecule has 1 fully saturated rings. The maximum atomic E-state index is 11.9. The number of aromatic carboxylic acids is 1. The normalized spacial score (nSPS) is 19.2. The maximum absolute atomic E-state index is 11.9. The van der Waals surface area contributed by atoms with Crippen LogP contribution in [0.3, 0.4) is 0 Å². The summed E-state index contributed by atoms with van der Waals surface area (Å²) >= 11 is 3.10. The van der Waals surface area contributed by atoms with E-state index in [0.29, 0.717) is 10.3 Å². The zero-order valence-corrected chi connectivity index (χ0v) is 12.1. The third kappa shape index (κ3) is 3.84. The Morgan fingerprint density at radius 1 is 1.63 bits per heavy atom. The molecule has 104 valence electrons. The van der Waals surface area contributed by atoms with Crippen LogP contribution in [0.15, 0.2) is 5.38 Å². The van der Waals surface area contributed by atoms with Gasteiger partial charge in [-0.05, 0) is 0 Å². The quantitative estimate of drug-likeness (QED) is 0.884. The Balaban J connectivity index is 1.84. The molecule has 19 heavy (non-hydrogen) atoms. The van der Waals surface area contributed by atoms with Gasteiger partial charge in [0, 0.05) is 29.5 Å². The molecule has 1 atom stereocenters. The number of hydrogen-bond donors (Lipinski definition) is 2. The van der Waals surface area contributed by atoms with Gasteiger partial charge in [-0.2, -0.15) is 11.8 Å². The van der Waals surface area contributed by atoms with E-state index in [-0.39, 0.29) is 18.3 Å². The number of carboxylic acid groups (broad SMARTS) is 1. The van der Waals surface area contributed by atoms with Gasteiger partial charge in [-0.25, -0.2) is 14.6 Å². The summed E-state index contributed by atoms with van der Waals surface area (Å²) in [7, 11) is 0. The van der Waals surface area contributed by atoms with Gasteiger partial charge < -0.3 is 15.3 Å². The van der Waals surface area contributed by atoms with Crippen molar-refractivity contribution in [3.05, 3.63) is 16.1 Å². The van der Waals surface area contributed by atoms with Crippen LogP contribution >= 0.6 is 23.1 Å². The Bertz CT molecular complexity index is 478. The molecular formula is C11H15N3O3S2. The fraction of sp³-hybridized carbons (Fsp3) is 0.545. The van der Waals surface area contributed by atoms with Crippen molar-refractivity contribution in [1.29, 1.82) is 0 Å². The fourth-order valence-electron chi connectivity index (χ4n) is 1.76. The maximum Gasteiger partial charge on any atom is 0.355 e. The number of hydrogen-bond acceptors (Lipinski definition) is 5. The Morgan fingerprint density at radius 3 is 3.05 bits per heavy atom. The molecule has 2 amide bonds. The van der Waals surface area contributed by atoms with Crippen molar-refractivity contribution in [3.8, 4) is 0 Å². The smallest absolute Gasteiger partial charge is 0.355 e. The number of aromatic nitrogens is 1. The standard InChI is InChI=1S/C11H15N3O3S2/c1-7-5-14(2-3-18-7)11(17)12-4-9-13-8(6-19-9)10(15)16/h6-7H,2-5H2,1H3,(H,12,17)(H,15,16). The van der Waals surface area contributed by atoms with Crippen LogP contribution in [0.25, 0.3) is 0 Å². The lowest BCUT2D eigenvalue weighted by Crippen LogP contribution is -2.46. The van der Waals surface area contributed by atoms with E-state index >= 15 is 0 Å². The third-order valence-electron chi connectivity index (χ3n) is 2.69. The highest BCUT2D eigenvalue weighted by Crippen LogP contribution is 2.17. The second-order valence-corrected chi connectivity index (χ2v) is 6.71. The highest BCUT2D eigenvalue weighted by Gasteiger charge is 2.21. The van der Waals surface area contributed by atoms with E-state index in [4.69, 9.17) is 5.11 Å². The van der Waals surface area contributed by atoms with Crippen molar-refractivity contribution in [2.75, 3.05) is 18.8 Å². The van der Waals surface area contributed by atoms with Crippen LogP contribution in [0.4, 0.5) is 4.79 Å². The highest BCUT2D eigenvalue weighted by molar-refractivity contribution is 7.99. The minimum Gasteiger partial charge on any atom is -0.476 e. The van der Waals surface area contributed by atoms with Crippen LogP contribution < -0.4 is 5.32 Å². The number of thioether (sulfide) groups is 1. The number of nitrogens with zero attached hydrogens (tertiary/aromatic N) is 2. The van der Waals surface area contributed by atoms with Crippen molar-refractivity contribution in [2.24, 2.45) is 0 Å². The predicted molar refractivity (Wildman–Crippen MR) is 74.8 cm³/mol. The second-order valence-electron chi connectivity index (χ2n) is 4.22. The highest BCUT2D eigenvalue weighted by atomic mass is 32.2. The SMILES string of the molecule is CC1CN(C(=O)NCc2nc(C(=O)O)cs2)CCS1. The van der Waals surface area contributed by atoms with E-state index in [1.165, 1.54) is 16.7 Å². The van der Waals surface area contributed by atoms with Crippen molar-refractivity contribution >= 4 is 35.1 Å². The molecular weight excluding hydrogens is 286 g/mol. The van der Waals surface area contributed by atoms with Gasteiger partial charge in [0.15, 0.2) is 5.69 Å². The van der Waals surface area contributed by atoms with Gasteiger partial charge in [0.25, 0.3) is 0 Å². The summed E-state index contributed by atoms with van der Waals surface area (Å²) in [5, 5.41) is 14.1. The number of thiazole rings is 1. The molecule has 1 saturated heterocycles. The minimum atomic E-state index is -1.05. The van der Waals surface area contributed by atoms with Crippen molar-refractivity contribution in [1.82, 2.24) is 15.2 Å². The molecule has 1 unspecified atom stereocenters. The lowest BCUT2D eigenvalue weighted by molar-refractivity contribution is 0.0691.